The van der Waals surface area contributed by atoms with Crippen LogP contribution in [0.4, 0.5) is 0 Å². The molecule has 0 radical (unpaired) electrons. The molecule has 0 fully saturated rings. The minimum absolute atomic E-state index is 0.677. The molecule has 108 valence electrons. The normalized spacial score (nSPS) is 11.2. The Kier molecular flexibility index (Phi) is 5.75. The van der Waals surface area contributed by atoms with Gasteiger partial charge >= 0.3 is 0 Å². The number of nitrogens with zero attached hydrogens (tertiary/aromatic N) is 1. The molecular formula is C16H21BrN2S. The van der Waals surface area contributed by atoms with E-state index in [-0.39, 0.29) is 0 Å². The van der Waals surface area contributed by atoms with E-state index in [1.807, 2.05) is 6.07 Å². The van der Waals surface area contributed by atoms with Crippen LogP contribution in [0.5, 0.6) is 0 Å². The van der Waals surface area contributed by atoms with Gasteiger partial charge in [0, 0.05) is 21.5 Å². The smallest absolute Gasteiger partial charge is 0.125 e. The Balaban J connectivity index is 2.20. The van der Waals surface area contributed by atoms with E-state index >= 15 is 0 Å². The number of thiazole rings is 1. The average Bonchev–Trinajstić information content (AvgIpc) is 2.82. The van der Waals surface area contributed by atoms with Gasteiger partial charge in [-0.05, 0) is 24.9 Å². The molecule has 1 aromatic carbocycles. The molecule has 2 aromatic rings. The van der Waals surface area contributed by atoms with Crippen LogP contribution in [0.3, 0.4) is 0 Å². The third kappa shape index (κ3) is 3.90. The lowest BCUT2D eigenvalue weighted by Crippen LogP contribution is -2.18. The van der Waals surface area contributed by atoms with Gasteiger partial charge in [0.25, 0.3) is 0 Å². The molecule has 0 aliphatic heterocycles. The van der Waals surface area contributed by atoms with Crippen LogP contribution in [-0.4, -0.2) is 11.5 Å². The molecule has 1 aromatic heterocycles. The highest BCUT2D eigenvalue weighted by Crippen LogP contribution is 2.33. The summed E-state index contributed by atoms with van der Waals surface area (Å²) in [6, 6.07) is 8.28. The zero-order chi connectivity index (χ0) is 14.5. The number of benzene rings is 1. The molecule has 4 heteroatoms. The highest BCUT2D eigenvalue weighted by Gasteiger charge is 2.12. The predicted molar refractivity (Wildman–Crippen MR) is 91.2 cm³/mol. The number of hydrogen-bond acceptors (Lipinski definition) is 3. The van der Waals surface area contributed by atoms with Crippen molar-refractivity contribution >= 4 is 27.3 Å². The summed E-state index contributed by atoms with van der Waals surface area (Å²) in [6.07, 6.45) is 0.986. The van der Waals surface area contributed by atoms with Gasteiger partial charge in [0.05, 0.1) is 5.69 Å². The van der Waals surface area contributed by atoms with Crippen molar-refractivity contribution in [2.45, 2.75) is 33.7 Å². The molecule has 0 atom stereocenters. The largest absolute Gasteiger partial charge is 0.312 e. The molecule has 0 spiro atoms. The summed E-state index contributed by atoms with van der Waals surface area (Å²) in [6.45, 7) is 8.60. The van der Waals surface area contributed by atoms with E-state index in [1.165, 1.54) is 16.1 Å². The maximum absolute atomic E-state index is 4.81. The fourth-order valence-corrected chi connectivity index (χ4v) is 3.78. The summed E-state index contributed by atoms with van der Waals surface area (Å²) in [5.74, 6) is 0.677. The first-order chi connectivity index (χ1) is 9.61. The standard InChI is InChI=1S/C16H21BrN2S/c1-4-14-15(10-18-9-11(2)3)20-16(19-14)12-7-5-6-8-13(12)17/h5-8,11,18H,4,9-10H2,1-3H3. The van der Waals surface area contributed by atoms with Gasteiger partial charge in [-0.1, -0.05) is 54.9 Å². The van der Waals surface area contributed by atoms with Gasteiger partial charge < -0.3 is 5.32 Å². The van der Waals surface area contributed by atoms with Crippen LogP contribution in [0.25, 0.3) is 10.6 Å². The first-order valence-electron chi connectivity index (χ1n) is 7.06. The fraction of sp³-hybridized carbons (Fsp3) is 0.438. The number of hydrogen-bond donors (Lipinski definition) is 1. The molecule has 1 N–H and O–H groups in total. The Morgan fingerprint density at radius 1 is 1.30 bits per heavy atom. The zero-order valence-corrected chi connectivity index (χ0v) is 14.6. The maximum atomic E-state index is 4.81. The van der Waals surface area contributed by atoms with E-state index in [0.717, 1.165) is 29.0 Å². The van der Waals surface area contributed by atoms with E-state index in [9.17, 15) is 0 Å². The van der Waals surface area contributed by atoms with Crippen LogP contribution in [-0.2, 0) is 13.0 Å². The van der Waals surface area contributed by atoms with E-state index in [1.54, 1.807) is 11.3 Å². The molecule has 0 bridgehead atoms. The van der Waals surface area contributed by atoms with Crippen LogP contribution < -0.4 is 5.32 Å². The first-order valence-corrected chi connectivity index (χ1v) is 8.67. The van der Waals surface area contributed by atoms with E-state index < -0.39 is 0 Å². The summed E-state index contributed by atoms with van der Waals surface area (Å²) in [7, 11) is 0. The average molecular weight is 353 g/mol. The molecule has 2 rings (SSSR count). The molecule has 0 aliphatic carbocycles. The Bertz CT molecular complexity index is 563. The summed E-state index contributed by atoms with van der Waals surface area (Å²) in [4.78, 5) is 6.17. The zero-order valence-electron chi connectivity index (χ0n) is 12.2. The summed E-state index contributed by atoms with van der Waals surface area (Å²) in [5.41, 5.74) is 2.40. The molecule has 0 aliphatic rings. The van der Waals surface area contributed by atoms with Crippen LogP contribution >= 0.6 is 27.3 Å². The highest BCUT2D eigenvalue weighted by atomic mass is 79.9. The van der Waals surface area contributed by atoms with Crippen molar-refractivity contribution in [1.29, 1.82) is 0 Å². The Hall–Kier alpha value is -0.710. The quantitative estimate of drug-likeness (QED) is 0.801. The summed E-state index contributed by atoms with van der Waals surface area (Å²) < 4.78 is 1.11. The van der Waals surface area contributed by atoms with Gasteiger partial charge in [-0.2, -0.15) is 0 Å². The van der Waals surface area contributed by atoms with Crippen molar-refractivity contribution in [3.63, 3.8) is 0 Å². The minimum Gasteiger partial charge on any atom is -0.312 e. The van der Waals surface area contributed by atoms with Crippen molar-refractivity contribution in [3.05, 3.63) is 39.3 Å². The summed E-state index contributed by atoms with van der Waals surface area (Å²) >= 11 is 5.41. The third-order valence-electron chi connectivity index (χ3n) is 3.06. The molecule has 0 saturated carbocycles. The highest BCUT2D eigenvalue weighted by molar-refractivity contribution is 9.10. The Labute approximate surface area is 133 Å². The number of nitrogens with one attached hydrogen (secondary N) is 1. The molecule has 0 saturated heterocycles. The third-order valence-corrected chi connectivity index (χ3v) is 4.88. The SMILES string of the molecule is CCc1nc(-c2ccccc2Br)sc1CNCC(C)C. The van der Waals surface area contributed by atoms with Gasteiger partial charge in [-0.15, -0.1) is 11.3 Å². The Morgan fingerprint density at radius 2 is 2.05 bits per heavy atom. The lowest BCUT2D eigenvalue weighted by atomic mass is 10.2. The van der Waals surface area contributed by atoms with Crippen LogP contribution in [0.15, 0.2) is 28.7 Å². The molecular weight excluding hydrogens is 332 g/mol. The summed E-state index contributed by atoms with van der Waals surface area (Å²) in [5, 5.41) is 4.62. The maximum Gasteiger partial charge on any atom is 0.125 e. The van der Waals surface area contributed by atoms with Crippen molar-refractivity contribution < 1.29 is 0 Å². The van der Waals surface area contributed by atoms with Crippen LogP contribution in [0.1, 0.15) is 31.3 Å². The monoisotopic (exact) mass is 352 g/mol. The second-order valence-corrected chi connectivity index (χ2v) is 7.18. The van der Waals surface area contributed by atoms with Crippen LogP contribution in [0.2, 0.25) is 0 Å². The molecule has 0 amide bonds. The van der Waals surface area contributed by atoms with E-state index in [4.69, 9.17) is 4.98 Å². The first kappa shape index (κ1) is 15.7. The van der Waals surface area contributed by atoms with Gasteiger partial charge in [-0.25, -0.2) is 4.98 Å². The van der Waals surface area contributed by atoms with Crippen molar-refractivity contribution in [1.82, 2.24) is 10.3 Å². The molecule has 20 heavy (non-hydrogen) atoms. The topological polar surface area (TPSA) is 24.9 Å². The van der Waals surface area contributed by atoms with Gasteiger partial charge in [0.1, 0.15) is 5.01 Å². The minimum atomic E-state index is 0.677. The van der Waals surface area contributed by atoms with Gasteiger partial charge in [-0.3, -0.25) is 0 Å². The van der Waals surface area contributed by atoms with Crippen molar-refractivity contribution in [2.24, 2.45) is 5.92 Å². The lowest BCUT2D eigenvalue weighted by molar-refractivity contribution is 0.553. The number of halogens is 1. The second-order valence-electron chi connectivity index (χ2n) is 5.25. The molecule has 1 heterocycles. The van der Waals surface area contributed by atoms with Crippen molar-refractivity contribution in [2.75, 3.05) is 6.54 Å². The fourth-order valence-electron chi connectivity index (χ4n) is 2.02. The Morgan fingerprint density at radius 3 is 2.70 bits per heavy atom. The predicted octanol–water partition coefficient (Wildman–Crippen LogP) is 4.88. The van der Waals surface area contributed by atoms with Gasteiger partial charge in [0.2, 0.25) is 0 Å². The number of aryl methyl sites for hydroxylation is 1. The van der Waals surface area contributed by atoms with Crippen LogP contribution in [0, 0.1) is 5.92 Å². The van der Waals surface area contributed by atoms with E-state index in [2.05, 4.69) is 60.2 Å². The number of aromatic nitrogens is 1. The molecule has 0 unspecified atom stereocenters. The van der Waals surface area contributed by atoms with Crippen molar-refractivity contribution in [3.8, 4) is 10.6 Å². The number of rotatable bonds is 6. The second kappa shape index (κ2) is 7.34. The lowest BCUT2D eigenvalue weighted by Gasteiger charge is -2.06. The molecule has 2 nitrogen and oxygen atoms in total. The van der Waals surface area contributed by atoms with Gasteiger partial charge in [0.15, 0.2) is 0 Å². The van der Waals surface area contributed by atoms with E-state index in [0.29, 0.717) is 5.92 Å².